The van der Waals surface area contributed by atoms with Gasteiger partial charge in [-0.2, -0.15) is 5.26 Å². The molecule has 2 aromatic carbocycles. The van der Waals surface area contributed by atoms with Crippen molar-refractivity contribution >= 4 is 33.3 Å². The van der Waals surface area contributed by atoms with E-state index in [2.05, 4.69) is 16.0 Å². The average molecular weight is 325 g/mol. The highest BCUT2D eigenvalue weighted by Gasteiger charge is 2.10. The number of H-pyrrole nitrogens is 1. The van der Waals surface area contributed by atoms with Crippen LogP contribution in [0.25, 0.3) is 33.3 Å². The SMILES string of the molecule is COc1ccc2c(C(C#N)=Cc3cccc4cnccc34)c[nH]c2c1. The van der Waals surface area contributed by atoms with E-state index in [9.17, 15) is 5.26 Å². The van der Waals surface area contributed by atoms with Crippen LogP contribution >= 0.6 is 0 Å². The van der Waals surface area contributed by atoms with Gasteiger partial charge in [-0.15, -0.1) is 0 Å². The second-order valence-corrected chi connectivity index (χ2v) is 5.73. The monoisotopic (exact) mass is 325 g/mol. The molecule has 0 unspecified atom stereocenters. The number of allylic oxidation sites excluding steroid dienone is 1. The molecule has 2 heterocycles. The summed E-state index contributed by atoms with van der Waals surface area (Å²) >= 11 is 0. The number of pyridine rings is 1. The fourth-order valence-electron chi connectivity index (χ4n) is 3.05. The molecular weight excluding hydrogens is 310 g/mol. The van der Waals surface area contributed by atoms with E-state index in [0.29, 0.717) is 5.57 Å². The van der Waals surface area contributed by atoms with Crippen LogP contribution in [0.5, 0.6) is 5.75 Å². The van der Waals surface area contributed by atoms with E-state index < -0.39 is 0 Å². The van der Waals surface area contributed by atoms with Crippen LogP contribution in [0.3, 0.4) is 0 Å². The number of rotatable bonds is 3. The zero-order valence-electron chi connectivity index (χ0n) is 13.7. The minimum absolute atomic E-state index is 0.612. The molecule has 25 heavy (non-hydrogen) atoms. The van der Waals surface area contributed by atoms with Crippen LogP contribution in [0.1, 0.15) is 11.1 Å². The first-order valence-electron chi connectivity index (χ1n) is 7.90. The summed E-state index contributed by atoms with van der Waals surface area (Å²) in [6.45, 7) is 0. The number of methoxy groups -OCH3 is 1. The summed E-state index contributed by atoms with van der Waals surface area (Å²) in [5.74, 6) is 0.782. The molecule has 0 saturated heterocycles. The lowest BCUT2D eigenvalue weighted by molar-refractivity contribution is 0.415. The van der Waals surface area contributed by atoms with E-state index in [0.717, 1.165) is 38.6 Å². The lowest BCUT2D eigenvalue weighted by Crippen LogP contribution is -1.84. The van der Waals surface area contributed by atoms with Crippen molar-refractivity contribution in [2.75, 3.05) is 7.11 Å². The Bertz CT molecular complexity index is 1140. The van der Waals surface area contributed by atoms with Crippen LogP contribution in [0.15, 0.2) is 61.1 Å². The topological polar surface area (TPSA) is 61.7 Å². The van der Waals surface area contributed by atoms with Crippen molar-refractivity contribution in [3.63, 3.8) is 0 Å². The van der Waals surface area contributed by atoms with Crippen molar-refractivity contribution in [3.8, 4) is 11.8 Å². The number of hydrogen-bond donors (Lipinski definition) is 1. The molecule has 0 amide bonds. The fourth-order valence-corrected chi connectivity index (χ4v) is 3.05. The third-order valence-corrected chi connectivity index (χ3v) is 4.31. The first-order valence-corrected chi connectivity index (χ1v) is 7.90. The molecule has 0 saturated carbocycles. The molecule has 1 N–H and O–H groups in total. The molecule has 0 spiro atoms. The lowest BCUT2D eigenvalue weighted by Gasteiger charge is -2.03. The van der Waals surface area contributed by atoms with E-state index in [1.165, 1.54) is 0 Å². The van der Waals surface area contributed by atoms with Gasteiger partial charge in [0.1, 0.15) is 5.75 Å². The number of aromatic nitrogens is 2. The maximum Gasteiger partial charge on any atom is 0.120 e. The molecule has 0 radical (unpaired) electrons. The van der Waals surface area contributed by atoms with Crippen molar-refractivity contribution in [2.24, 2.45) is 0 Å². The lowest BCUT2D eigenvalue weighted by atomic mass is 10.00. The van der Waals surface area contributed by atoms with Crippen molar-refractivity contribution in [1.82, 2.24) is 9.97 Å². The largest absolute Gasteiger partial charge is 0.497 e. The normalized spacial score (nSPS) is 11.6. The van der Waals surface area contributed by atoms with Gasteiger partial charge in [-0.1, -0.05) is 18.2 Å². The van der Waals surface area contributed by atoms with Crippen LogP contribution in [-0.2, 0) is 0 Å². The molecule has 0 atom stereocenters. The first-order chi connectivity index (χ1) is 12.3. The van der Waals surface area contributed by atoms with Gasteiger partial charge in [-0.05, 0) is 35.2 Å². The second-order valence-electron chi connectivity index (χ2n) is 5.73. The Morgan fingerprint density at radius 1 is 1.20 bits per heavy atom. The first kappa shape index (κ1) is 15.0. The van der Waals surface area contributed by atoms with Gasteiger partial charge in [-0.25, -0.2) is 0 Å². The molecule has 0 aliphatic heterocycles. The van der Waals surface area contributed by atoms with Gasteiger partial charge in [-0.3, -0.25) is 4.98 Å². The van der Waals surface area contributed by atoms with Crippen molar-refractivity contribution < 1.29 is 4.74 Å². The smallest absolute Gasteiger partial charge is 0.120 e. The Morgan fingerprint density at radius 3 is 2.96 bits per heavy atom. The van der Waals surface area contributed by atoms with Gasteiger partial charge in [0, 0.05) is 46.5 Å². The zero-order chi connectivity index (χ0) is 17.2. The minimum Gasteiger partial charge on any atom is -0.497 e. The number of nitriles is 1. The highest BCUT2D eigenvalue weighted by molar-refractivity contribution is 6.04. The summed E-state index contributed by atoms with van der Waals surface area (Å²) in [5, 5.41) is 12.8. The third-order valence-electron chi connectivity index (χ3n) is 4.31. The summed E-state index contributed by atoms with van der Waals surface area (Å²) < 4.78 is 5.26. The van der Waals surface area contributed by atoms with Crippen molar-refractivity contribution in [2.45, 2.75) is 0 Å². The second kappa shape index (κ2) is 6.14. The van der Waals surface area contributed by atoms with Gasteiger partial charge < -0.3 is 9.72 Å². The summed E-state index contributed by atoms with van der Waals surface area (Å²) in [7, 11) is 1.64. The molecule has 0 bridgehead atoms. The van der Waals surface area contributed by atoms with Crippen LogP contribution in [0, 0.1) is 11.3 Å². The minimum atomic E-state index is 0.612. The zero-order valence-corrected chi connectivity index (χ0v) is 13.7. The highest BCUT2D eigenvalue weighted by Crippen LogP contribution is 2.30. The van der Waals surface area contributed by atoms with Gasteiger partial charge >= 0.3 is 0 Å². The maximum absolute atomic E-state index is 9.72. The van der Waals surface area contributed by atoms with Gasteiger partial charge in [0.05, 0.1) is 18.8 Å². The summed E-state index contributed by atoms with van der Waals surface area (Å²) in [6.07, 6.45) is 7.39. The van der Waals surface area contributed by atoms with Crippen molar-refractivity contribution in [3.05, 3.63) is 72.2 Å². The molecule has 0 fully saturated rings. The fraction of sp³-hybridized carbons (Fsp3) is 0.0476. The number of ether oxygens (including phenoxy) is 1. The number of nitrogens with one attached hydrogen (secondary N) is 1. The standard InChI is InChI=1S/C21H15N3O/c1-25-17-5-6-19-20(13-24-21(19)10-17)16(11-22)9-14-3-2-4-15-12-23-8-7-18(14)15/h2-10,12-13,24H,1H3. The summed E-state index contributed by atoms with van der Waals surface area (Å²) in [5.41, 5.74) is 3.43. The Hall–Kier alpha value is -3.58. The molecule has 4 heteroatoms. The maximum atomic E-state index is 9.72. The quantitative estimate of drug-likeness (QED) is 0.551. The van der Waals surface area contributed by atoms with Gasteiger partial charge in [0.15, 0.2) is 0 Å². The van der Waals surface area contributed by atoms with Crippen molar-refractivity contribution in [1.29, 1.82) is 5.26 Å². The van der Waals surface area contributed by atoms with Crippen LogP contribution in [0.2, 0.25) is 0 Å². The number of aromatic amines is 1. The number of hydrogen-bond acceptors (Lipinski definition) is 3. The van der Waals surface area contributed by atoms with Gasteiger partial charge in [0.25, 0.3) is 0 Å². The summed E-state index contributed by atoms with van der Waals surface area (Å²) in [6, 6.07) is 16.1. The van der Waals surface area contributed by atoms with E-state index in [-0.39, 0.29) is 0 Å². The Labute approximate surface area is 145 Å². The summed E-state index contributed by atoms with van der Waals surface area (Å²) in [4.78, 5) is 7.38. The molecule has 2 aromatic heterocycles. The predicted octanol–water partition coefficient (Wildman–Crippen LogP) is 4.79. The van der Waals surface area contributed by atoms with E-state index in [1.54, 1.807) is 13.3 Å². The molecule has 4 aromatic rings. The molecule has 0 aliphatic carbocycles. The highest BCUT2D eigenvalue weighted by atomic mass is 16.5. The third kappa shape index (κ3) is 2.62. The molecule has 4 nitrogen and oxygen atoms in total. The van der Waals surface area contributed by atoms with E-state index in [4.69, 9.17) is 4.74 Å². The van der Waals surface area contributed by atoms with Crippen LogP contribution < -0.4 is 4.74 Å². The number of nitrogens with zero attached hydrogens (tertiary/aromatic N) is 2. The van der Waals surface area contributed by atoms with E-state index >= 15 is 0 Å². The Morgan fingerprint density at radius 2 is 2.12 bits per heavy atom. The number of benzene rings is 2. The predicted molar refractivity (Wildman–Crippen MR) is 100 cm³/mol. The Balaban J connectivity index is 1.88. The molecular formula is C21H15N3O. The molecule has 120 valence electrons. The number of fused-ring (bicyclic) bond motifs is 2. The van der Waals surface area contributed by atoms with Crippen LogP contribution in [0.4, 0.5) is 0 Å². The molecule has 0 aliphatic rings. The van der Waals surface area contributed by atoms with Gasteiger partial charge in [0.2, 0.25) is 0 Å². The average Bonchev–Trinajstić information content (AvgIpc) is 3.09. The van der Waals surface area contributed by atoms with Crippen LogP contribution in [-0.4, -0.2) is 17.1 Å². The Kier molecular flexibility index (Phi) is 3.68. The van der Waals surface area contributed by atoms with E-state index in [1.807, 2.05) is 60.9 Å². The molecule has 4 rings (SSSR count).